The highest BCUT2D eigenvalue weighted by atomic mass is 35.5. The highest BCUT2D eigenvalue weighted by Gasteiger charge is 2.08. The van der Waals surface area contributed by atoms with Crippen LogP contribution in [0.3, 0.4) is 0 Å². The van der Waals surface area contributed by atoms with Crippen molar-refractivity contribution >= 4 is 29.0 Å². The number of carbonyl (C=O) groups is 1. The molecule has 0 unspecified atom stereocenters. The second-order valence-electron chi connectivity index (χ2n) is 5.56. The Morgan fingerprint density at radius 1 is 1.12 bits per heavy atom. The number of para-hydroxylation sites is 2. The van der Waals surface area contributed by atoms with E-state index >= 15 is 0 Å². The Bertz CT molecular complexity index is 898. The fourth-order valence-electron chi connectivity index (χ4n) is 2.41. The lowest BCUT2D eigenvalue weighted by Crippen LogP contribution is -2.22. The first-order chi connectivity index (χ1) is 12.7. The Labute approximate surface area is 157 Å². The molecule has 0 aliphatic heterocycles. The van der Waals surface area contributed by atoms with Crippen LogP contribution in [0.5, 0.6) is 5.75 Å². The number of halogens is 1. The summed E-state index contributed by atoms with van der Waals surface area (Å²) in [5.41, 5.74) is 2.27. The van der Waals surface area contributed by atoms with Crippen molar-refractivity contribution in [2.45, 2.75) is 6.54 Å². The van der Waals surface area contributed by atoms with Gasteiger partial charge in [-0.1, -0.05) is 35.9 Å². The molecule has 132 valence electrons. The van der Waals surface area contributed by atoms with Crippen LogP contribution in [0.2, 0.25) is 5.02 Å². The van der Waals surface area contributed by atoms with Crippen LogP contribution in [0.25, 0.3) is 0 Å². The van der Waals surface area contributed by atoms with Crippen molar-refractivity contribution in [3.8, 4) is 5.75 Å². The monoisotopic (exact) mass is 367 g/mol. The Kier molecular flexibility index (Phi) is 5.71. The van der Waals surface area contributed by atoms with E-state index in [-0.39, 0.29) is 5.91 Å². The molecule has 3 rings (SSSR count). The fourth-order valence-corrected chi connectivity index (χ4v) is 2.54. The molecule has 0 saturated carbocycles. The van der Waals surface area contributed by atoms with Gasteiger partial charge in [-0.2, -0.15) is 0 Å². The maximum atomic E-state index is 12.4. The van der Waals surface area contributed by atoms with Crippen LogP contribution in [0.15, 0.2) is 66.9 Å². The molecule has 0 aliphatic carbocycles. The smallest absolute Gasteiger partial charge is 0.251 e. The summed E-state index contributed by atoms with van der Waals surface area (Å²) in [5.74, 6) is 1.09. The largest absolute Gasteiger partial charge is 0.495 e. The molecule has 0 fully saturated rings. The molecule has 0 bridgehead atoms. The number of nitrogens with one attached hydrogen (secondary N) is 2. The van der Waals surface area contributed by atoms with Crippen LogP contribution < -0.4 is 15.4 Å². The zero-order valence-corrected chi connectivity index (χ0v) is 15.0. The molecule has 0 radical (unpaired) electrons. The number of hydrogen-bond acceptors (Lipinski definition) is 4. The van der Waals surface area contributed by atoms with Gasteiger partial charge in [0.2, 0.25) is 0 Å². The summed E-state index contributed by atoms with van der Waals surface area (Å²) in [6.45, 7) is 0.424. The van der Waals surface area contributed by atoms with Crippen LogP contribution in [-0.2, 0) is 6.54 Å². The van der Waals surface area contributed by atoms with Gasteiger partial charge in [-0.05, 0) is 42.0 Å². The fraction of sp³-hybridized carbons (Fsp3) is 0.100. The van der Waals surface area contributed by atoms with Gasteiger partial charge in [0.15, 0.2) is 0 Å². The standard InChI is InChI=1S/C20H18ClN3O2/c1-26-18-5-3-2-4-17(18)24-19-12-15(10-11-22-19)20(25)23-13-14-6-8-16(21)9-7-14/h2-12H,13H2,1H3,(H,22,24)(H,23,25). The van der Waals surface area contributed by atoms with Gasteiger partial charge in [0, 0.05) is 23.3 Å². The topological polar surface area (TPSA) is 63.2 Å². The molecule has 2 N–H and O–H groups in total. The van der Waals surface area contributed by atoms with Crippen molar-refractivity contribution in [2.24, 2.45) is 0 Å². The summed E-state index contributed by atoms with van der Waals surface area (Å²) >= 11 is 5.87. The average Bonchev–Trinajstić information content (AvgIpc) is 2.68. The lowest BCUT2D eigenvalue weighted by molar-refractivity contribution is 0.0951. The Hall–Kier alpha value is -3.05. The van der Waals surface area contributed by atoms with E-state index in [1.807, 2.05) is 36.4 Å². The SMILES string of the molecule is COc1ccccc1Nc1cc(C(=O)NCc2ccc(Cl)cc2)ccn1. The van der Waals surface area contributed by atoms with Crippen molar-refractivity contribution in [1.29, 1.82) is 0 Å². The number of anilines is 2. The molecule has 0 spiro atoms. The van der Waals surface area contributed by atoms with Crippen LogP contribution in [0.4, 0.5) is 11.5 Å². The number of methoxy groups -OCH3 is 1. The predicted octanol–water partition coefficient (Wildman–Crippen LogP) is 4.42. The summed E-state index contributed by atoms with van der Waals surface area (Å²) in [6, 6.07) is 18.2. The van der Waals surface area contributed by atoms with Crippen LogP contribution in [0, 0.1) is 0 Å². The summed E-state index contributed by atoms with van der Waals surface area (Å²) in [7, 11) is 1.61. The Morgan fingerprint density at radius 2 is 1.88 bits per heavy atom. The molecule has 1 amide bonds. The second-order valence-corrected chi connectivity index (χ2v) is 6.00. The molecular weight excluding hydrogens is 350 g/mol. The minimum atomic E-state index is -0.176. The van der Waals surface area contributed by atoms with Gasteiger partial charge in [-0.3, -0.25) is 4.79 Å². The number of aromatic nitrogens is 1. The molecule has 26 heavy (non-hydrogen) atoms. The quantitative estimate of drug-likeness (QED) is 0.677. The van der Waals surface area contributed by atoms with Gasteiger partial charge in [-0.15, -0.1) is 0 Å². The number of nitrogens with zero attached hydrogens (tertiary/aromatic N) is 1. The van der Waals surface area contributed by atoms with E-state index in [0.717, 1.165) is 11.3 Å². The molecule has 1 aromatic heterocycles. The first kappa shape index (κ1) is 17.8. The highest BCUT2D eigenvalue weighted by Crippen LogP contribution is 2.26. The molecule has 5 nitrogen and oxygen atoms in total. The van der Waals surface area contributed by atoms with Gasteiger partial charge in [0.1, 0.15) is 11.6 Å². The van der Waals surface area contributed by atoms with Gasteiger partial charge >= 0.3 is 0 Å². The van der Waals surface area contributed by atoms with Gasteiger partial charge in [0.05, 0.1) is 12.8 Å². The van der Waals surface area contributed by atoms with Crippen LogP contribution in [0.1, 0.15) is 15.9 Å². The first-order valence-electron chi connectivity index (χ1n) is 8.04. The van der Waals surface area contributed by atoms with E-state index in [0.29, 0.717) is 28.7 Å². The number of ether oxygens (including phenoxy) is 1. The Balaban J connectivity index is 1.68. The van der Waals surface area contributed by atoms with E-state index in [1.165, 1.54) is 0 Å². The molecule has 0 saturated heterocycles. The van der Waals surface area contributed by atoms with Gasteiger partial charge in [0.25, 0.3) is 5.91 Å². The lowest BCUT2D eigenvalue weighted by Gasteiger charge is -2.11. The van der Waals surface area contributed by atoms with E-state index < -0.39 is 0 Å². The molecule has 2 aromatic carbocycles. The zero-order chi connectivity index (χ0) is 18.4. The van der Waals surface area contributed by atoms with E-state index in [4.69, 9.17) is 16.3 Å². The minimum Gasteiger partial charge on any atom is -0.495 e. The number of hydrogen-bond donors (Lipinski definition) is 2. The number of amides is 1. The van der Waals surface area contributed by atoms with Crippen molar-refractivity contribution in [3.63, 3.8) is 0 Å². The molecule has 3 aromatic rings. The highest BCUT2D eigenvalue weighted by molar-refractivity contribution is 6.30. The Morgan fingerprint density at radius 3 is 2.65 bits per heavy atom. The minimum absolute atomic E-state index is 0.176. The number of carbonyl (C=O) groups excluding carboxylic acids is 1. The van der Waals surface area contributed by atoms with Gasteiger partial charge in [-0.25, -0.2) is 4.98 Å². The third-order valence-electron chi connectivity index (χ3n) is 3.76. The maximum absolute atomic E-state index is 12.4. The van der Waals surface area contributed by atoms with E-state index in [1.54, 1.807) is 37.6 Å². The molecule has 0 atom stereocenters. The molecule has 6 heteroatoms. The van der Waals surface area contributed by atoms with E-state index in [9.17, 15) is 4.79 Å². The third-order valence-corrected chi connectivity index (χ3v) is 4.01. The lowest BCUT2D eigenvalue weighted by atomic mass is 10.2. The average molecular weight is 368 g/mol. The summed E-state index contributed by atoms with van der Waals surface area (Å²) in [6.07, 6.45) is 1.59. The summed E-state index contributed by atoms with van der Waals surface area (Å²) in [5, 5.41) is 6.72. The van der Waals surface area contributed by atoms with Crippen molar-refractivity contribution in [3.05, 3.63) is 83.0 Å². The maximum Gasteiger partial charge on any atom is 0.251 e. The number of rotatable bonds is 6. The molecule has 0 aliphatic rings. The van der Waals surface area contributed by atoms with Crippen molar-refractivity contribution in [2.75, 3.05) is 12.4 Å². The predicted molar refractivity (Wildman–Crippen MR) is 103 cm³/mol. The molecule has 1 heterocycles. The normalized spacial score (nSPS) is 10.2. The summed E-state index contributed by atoms with van der Waals surface area (Å²) in [4.78, 5) is 16.7. The summed E-state index contributed by atoms with van der Waals surface area (Å²) < 4.78 is 5.31. The zero-order valence-electron chi connectivity index (χ0n) is 14.2. The first-order valence-corrected chi connectivity index (χ1v) is 8.42. The van der Waals surface area contributed by atoms with E-state index in [2.05, 4.69) is 15.6 Å². The number of benzene rings is 2. The van der Waals surface area contributed by atoms with Crippen LogP contribution >= 0.6 is 11.6 Å². The van der Waals surface area contributed by atoms with Crippen LogP contribution in [-0.4, -0.2) is 18.0 Å². The molecular formula is C20H18ClN3O2. The van der Waals surface area contributed by atoms with Crippen molar-refractivity contribution in [1.82, 2.24) is 10.3 Å². The number of pyridine rings is 1. The third kappa shape index (κ3) is 4.52. The van der Waals surface area contributed by atoms with Crippen molar-refractivity contribution < 1.29 is 9.53 Å². The second kappa shape index (κ2) is 8.36. The van der Waals surface area contributed by atoms with Gasteiger partial charge < -0.3 is 15.4 Å².